The number of aromatic nitrogens is 1. The number of nitrogens with one attached hydrogen (secondary N) is 1. The van der Waals surface area contributed by atoms with Crippen molar-refractivity contribution in [1.82, 2.24) is 20.1 Å². The lowest BCUT2D eigenvalue weighted by molar-refractivity contribution is -0.137. The molecule has 204 valence electrons. The van der Waals surface area contributed by atoms with E-state index in [1.807, 2.05) is 0 Å². The van der Waals surface area contributed by atoms with Crippen molar-refractivity contribution in [2.75, 3.05) is 39.3 Å². The minimum atomic E-state index is -4.45. The molecule has 0 aliphatic carbocycles. The standard InChI is InChI=1S/C26H28F4N4O4/c27-20-4-6-22(7-5-20)37-16-21(35)14-33-8-10-34(11-9-33)15-24-32-23(17-38-24)25(36)31-13-18-2-1-3-19(12-18)26(28,29)30/h1-7,12,17,21,35H,8-11,13-16H2,(H,31,36)/t21-/m0/s1. The number of halogens is 4. The van der Waals surface area contributed by atoms with E-state index in [1.54, 1.807) is 0 Å². The Morgan fingerprint density at radius 3 is 2.53 bits per heavy atom. The zero-order chi connectivity index (χ0) is 27.1. The summed E-state index contributed by atoms with van der Waals surface area (Å²) in [5, 5.41) is 12.8. The smallest absolute Gasteiger partial charge is 0.416 e. The molecule has 2 heterocycles. The van der Waals surface area contributed by atoms with E-state index in [0.717, 1.165) is 12.1 Å². The number of ether oxygens (including phenoxy) is 1. The van der Waals surface area contributed by atoms with Crippen LogP contribution in [0, 0.1) is 5.82 Å². The van der Waals surface area contributed by atoms with Gasteiger partial charge in [0.15, 0.2) is 5.69 Å². The van der Waals surface area contributed by atoms with Crippen LogP contribution in [-0.4, -0.2) is 71.2 Å². The number of carbonyl (C=O) groups excluding carboxylic acids is 1. The highest BCUT2D eigenvalue weighted by Gasteiger charge is 2.30. The van der Waals surface area contributed by atoms with Gasteiger partial charge >= 0.3 is 6.18 Å². The first kappa shape index (κ1) is 27.6. The van der Waals surface area contributed by atoms with Crippen LogP contribution in [0.2, 0.25) is 0 Å². The number of carbonyl (C=O) groups is 1. The number of hydrogen-bond acceptors (Lipinski definition) is 7. The maximum Gasteiger partial charge on any atom is 0.416 e. The van der Waals surface area contributed by atoms with Gasteiger partial charge in [0.25, 0.3) is 5.91 Å². The molecule has 12 heteroatoms. The second kappa shape index (κ2) is 12.4. The van der Waals surface area contributed by atoms with E-state index < -0.39 is 23.8 Å². The van der Waals surface area contributed by atoms with Crippen molar-refractivity contribution in [1.29, 1.82) is 0 Å². The molecule has 8 nitrogen and oxygen atoms in total. The fraction of sp³-hybridized carbons (Fsp3) is 0.385. The van der Waals surface area contributed by atoms with E-state index in [0.29, 0.717) is 56.5 Å². The van der Waals surface area contributed by atoms with Gasteiger partial charge in [-0.3, -0.25) is 14.6 Å². The van der Waals surface area contributed by atoms with Gasteiger partial charge in [-0.1, -0.05) is 12.1 Å². The van der Waals surface area contributed by atoms with Crippen LogP contribution in [-0.2, 0) is 19.3 Å². The second-order valence-electron chi connectivity index (χ2n) is 9.00. The molecule has 0 bridgehead atoms. The van der Waals surface area contributed by atoms with Gasteiger partial charge in [0.1, 0.15) is 30.5 Å². The Bertz CT molecular complexity index is 1190. The summed E-state index contributed by atoms with van der Waals surface area (Å²) in [6.07, 6.45) is -3.92. The van der Waals surface area contributed by atoms with Crippen molar-refractivity contribution in [2.45, 2.75) is 25.4 Å². The summed E-state index contributed by atoms with van der Waals surface area (Å²) in [5.41, 5.74) is -0.405. The first-order valence-electron chi connectivity index (χ1n) is 12.1. The Kier molecular flexibility index (Phi) is 8.97. The minimum Gasteiger partial charge on any atom is -0.491 e. The number of nitrogens with zero attached hydrogens (tertiary/aromatic N) is 3. The Labute approximate surface area is 216 Å². The molecular weight excluding hydrogens is 508 g/mol. The molecule has 1 aromatic heterocycles. The number of β-amino-alcohol motifs (C(OH)–C–C–N with tert-alkyl or cyclic N) is 1. The molecule has 2 aromatic carbocycles. The van der Waals surface area contributed by atoms with Gasteiger partial charge in [-0.15, -0.1) is 0 Å². The average molecular weight is 537 g/mol. The quantitative estimate of drug-likeness (QED) is 0.384. The van der Waals surface area contributed by atoms with Gasteiger partial charge in [-0.25, -0.2) is 9.37 Å². The normalized spacial score (nSPS) is 15.8. The highest BCUT2D eigenvalue weighted by atomic mass is 19.4. The van der Waals surface area contributed by atoms with Crippen molar-refractivity contribution in [3.05, 3.63) is 83.3 Å². The Balaban J connectivity index is 1.17. The van der Waals surface area contributed by atoms with Crippen LogP contribution in [0.4, 0.5) is 17.6 Å². The van der Waals surface area contributed by atoms with Crippen molar-refractivity contribution in [3.8, 4) is 5.75 Å². The molecule has 1 fully saturated rings. The molecule has 0 radical (unpaired) electrons. The van der Waals surface area contributed by atoms with E-state index in [-0.39, 0.29) is 24.7 Å². The molecule has 1 aliphatic heterocycles. The SMILES string of the molecule is O=C(NCc1cccc(C(F)(F)F)c1)c1coc(CN2CCN(C[C@H](O)COc3ccc(F)cc3)CC2)n1. The largest absolute Gasteiger partial charge is 0.491 e. The summed E-state index contributed by atoms with van der Waals surface area (Å²) >= 11 is 0. The molecular formula is C26H28F4N4O4. The molecule has 1 aliphatic rings. The molecule has 38 heavy (non-hydrogen) atoms. The Hall–Kier alpha value is -3.48. The highest BCUT2D eigenvalue weighted by molar-refractivity contribution is 5.91. The predicted molar refractivity (Wildman–Crippen MR) is 129 cm³/mol. The average Bonchev–Trinajstić information content (AvgIpc) is 3.36. The molecule has 3 aromatic rings. The third kappa shape index (κ3) is 8.01. The molecule has 2 N–H and O–H groups in total. The lowest BCUT2D eigenvalue weighted by Gasteiger charge is -2.34. The van der Waals surface area contributed by atoms with Gasteiger partial charge in [-0.05, 0) is 42.0 Å². The number of piperazine rings is 1. The van der Waals surface area contributed by atoms with Crippen LogP contribution in [0.5, 0.6) is 5.75 Å². The summed E-state index contributed by atoms with van der Waals surface area (Å²) in [6, 6.07) is 10.4. The maximum atomic E-state index is 13.0. The zero-order valence-corrected chi connectivity index (χ0v) is 20.5. The monoisotopic (exact) mass is 536 g/mol. The van der Waals surface area contributed by atoms with Crippen LogP contribution < -0.4 is 10.1 Å². The number of amides is 1. The second-order valence-corrected chi connectivity index (χ2v) is 9.00. The van der Waals surface area contributed by atoms with Gasteiger partial charge in [0, 0.05) is 39.3 Å². The van der Waals surface area contributed by atoms with Crippen molar-refractivity contribution in [3.63, 3.8) is 0 Å². The van der Waals surface area contributed by atoms with E-state index in [9.17, 15) is 27.5 Å². The number of alkyl halides is 3. The molecule has 4 rings (SSSR count). The van der Waals surface area contributed by atoms with Gasteiger partial charge in [-0.2, -0.15) is 13.2 Å². The van der Waals surface area contributed by atoms with Gasteiger partial charge < -0.3 is 19.6 Å². The first-order chi connectivity index (χ1) is 18.2. The number of rotatable bonds is 10. The highest BCUT2D eigenvalue weighted by Crippen LogP contribution is 2.29. The molecule has 0 saturated carbocycles. The minimum absolute atomic E-state index is 0.0508. The number of aliphatic hydroxyl groups excluding tert-OH is 1. The maximum absolute atomic E-state index is 13.0. The van der Waals surface area contributed by atoms with E-state index in [2.05, 4.69) is 20.1 Å². The predicted octanol–water partition coefficient (Wildman–Crippen LogP) is 3.32. The molecule has 0 unspecified atom stereocenters. The molecule has 1 atom stereocenters. The van der Waals surface area contributed by atoms with Crippen LogP contribution in [0.25, 0.3) is 0 Å². The lowest BCUT2D eigenvalue weighted by Crippen LogP contribution is -2.48. The number of benzene rings is 2. The van der Waals surface area contributed by atoms with Crippen molar-refractivity contribution >= 4 is 5.91 Å². The van der Waals surface area contributed by atoms with Crippen LogP contribution in [0.15, 0.2) is 59.2 Å². The zero-order valence-electron chi connectivity index (χ0n) is 20.5. The van der Waals surface area contributed by atoms with E-state index in [1.165, 1.54) is 42.7 Å². The van der Waals surface area contributed by atoms with E-state index >= 15 is 0 Å². The topological polar surface area (TPSA) is 91.1 Å². The third-order valence-electron chi connectivity index (χ3n) is 6.04. The number of aliphatic hydroxyl groups is 1. The first-order valence-corrected chi connectivity index (χ1v) is 12.1. The summed E-state index contributed by atoms with van der Waals surface area (Å²) < 4.78 is 62.5. The Morgan fingerprint density at radius 1 is 1.11 bits per heavy atom. The summed E-state index contributed by atoms with van der Waals surface area (Å²) in [6.45, 7) is 3.66. The number of hydrogen-bond donors (Lipinski definition) is 2. The third-order valence-corrected chi connectivity index (χ3v) is 6.04. The molecule has 1 saturated heterocycles. The fourth-order valence-electron chi connectivity index (χ4n) is 4.01. The number of oxazole rings is 1. The molecule has 1 amide bonds. The van der Waals surface area contributed by atoms with Crippen LogP contribution in [0.3, 0.4) is 0 Å². The Morgan fingerprint density at radius 2 is 1.82 bits per heavy atom. The fourth-order valence-corrected chi connectivity index (χ4v) is 4.01. The van der Waals surface area contributed by atoms with Crippen LogP contribution in [0.1, 0.15) is 27.5 Å². The summed E-state index contributed by atoms with van der Waals surface area (Å²) in [4.78, 5) is 20.8. The lowest BCUT2D eigenvalue weighted by atomic mass is 10.1. The summed E-state index contributed by atoms with van der Waals surface area (Å²) in [5.74, 6) is -0.0477. The summed E-state index contributed by atoms with van der Waals surface area (Å²) in [7, 11) is 0. The van der Waals surface area contributed by atoms with Crippen LogP contribution >= 0.6 is 0 Å². The van der Waals surface area contributed by atoms with Gasteiger partial charge in [0.05, 0.1) is 12.1 Å². The van der Waals surface area contributed by atoms with Crippen molar-refractivity contribution < 1.29 is 36.6 Å². The van der Waals surface area contributed by atoms with Gasteiger partial charge in [0.2, 0.25) is 5.89 Å². The van der Waals surface area contributed by atoms with Crippen molar-refractivity contribution in [2.24, 2.45) is 0 Å². The molecule has 0 spiro atoms. The van der Waals surface area contributed by atoms with E-state index in [4.69, 9.17) is 9.15 Å².